The van der Waals surface area contributed by atoms with Crippen LogP contribution in [0.5, 0.6) is 23.0 Å². The number of nitrogens with zero attached hydrogens (tertiary/aromatic N) is 1. The number of amides is 1. The zero-order valence-electron chi connectivity index (χ0n) is 19.0. The van der Waals surface area contributed by atoms with E-state index in [0.717, 1.165) is 5.56 Å². The van der Waals surface area contributed by atoms with Gasteiger partial charge in [-0.1, -0.05) is 24.3 Å². The Morgan fingerprint density at radius 3 is 2.51 bits per heavy atom. The number of para-hydroxylation sites is 2. The lowest BCUT2D eigenvalue weighted by Gasteiger charge is -2.11. The third-order valence-electron chi connectivity index (χ3n) is 4.91. The summed E-state index contributed by atoms with van der Waals surface area (Å²) in [6.07, 6.45) is 0. The summed E-state index contributed by atoms with van der Waals surface area (Å²) in [5, 5.41) is 14.0. The highest BCUT2D eigenvalue weighted by Gasteiger charge is 2.17. The minimum Gasteiger partial charge on any atom is -0.493 e. The Hall–Kier alpha value is -4.79. The zero-order valence-corrected chi connectivity index (χ0v) is 19.0. The lowest BCUT2D eigenvalue weighted by atomic mass is 10.2. The van der Waals surface area contributed by atoms with E-state index in [1.54, 1.807) is 30.3 Å². The van der Waals surface area contributed by atoms with E-state index >= 15 is 0 Å². The van der Waals surface area contributed by atoms with Gasteiger partial charge in [0.2, 0.25) is 0 Å². The SMILES string of the molecule is COc1ccccc1Oc1cc(NC(=O)c2ccc(COc3cccc(C)c3)o2)cc([N+](=O)[O-])c1. The summed E-state index contributed by atoms with van der Waals surface area (Å²) in [6.45, 7) is 2.10. The van der Waals surface area contributed by atoms with E-state index in [1.807, 2.05) is 31.2 Å². The number of anilines is 1. The number of nitrogens with one attached hydrogen (secondary N) is 1. The molecule has 0 saturated heterocycles. The topological polar surface area (TPSA) is 113 Å². The van der Waals surface area contributed by atoms with E-state index in [-0.39, 0.29) is 29.5 Å². The van der Waals surface area contributed by atoms with Crippen molar-refractivity contribution in [3.63, 3.8) is 0 Å². The van der Waals surface area contributed by atoms with Crippen LogP contribution in [-0.2, 0) is 6.61 Å². The van der Waals surface area contributed by atoms with Crippen molar-refractivity contribution in [2.75, 3.05) is 12.4 Å². The fraction of sp³-hybridized carbons (Fsp3) is 0.115. The van der Waals surface area contributed by atoms with Crippen molar-refractivity contribution in [1.29, 1.82) is 0 Å². The molecule has 35 heavy (non-hydrogen) atoms. The van der Waals surface area contributed by atoms with Gasteiger partial charge in [0.05, 0.1) is 23.8 Å². The van der Waals surface area contributed by atoms with E-state index < -0.39 is 10.8 Å². The Labute approximate surface area is 201 Å². The molecule has 0 aliphatic rings. The predicted octanol–water partition coefficient (Wildman–Crippen LogP) is 6.13. The molecular formula is C26H22N2O7. The molecule has 9 nitrogen and oxygen atoms in total. The second kappa shape index (κ2) is 10.4. The van der Waals surface area contributed by atoms with Crippen LogP contribution in [0.25, 0.3) is 0 Å². The van der Waals surface area contributed by atoms with E-state index in [9.17, 15) is 14.9 Å². The third-order valence-corrected chi connectivity index (χ3v) is 4.91. The number of rotatable bonds is 9. The summed E-state index contributed by atoms with van der Waals surface area (Å²) >= 11 is 0. The molecule has 0 spiro atoms. The van der Waals surface area contributed by atoms with Crippen LogP contribution in [-0.4, -0.2) is 17.9 Å². The fourth-order valence-electron chi connectivity index (χ4n) is 3.28. The number of carbonyl (C=O) groups is 1. The Kier molecular flexibility index (Phi) is 6.96. The molecule has 1 N–H and O–H groups in total. The van der Waals surface area contributed by atoms with Gasteiger partial charge in [-0.05, 0) is 48.9 Å². The average Bonchev–Trinajstić information content (AvgIpc) is 3.32. The van der Waals surface area contributed by atoms with Gasteiger partial charge >= 0.3 is 0 Å². The number of nitro benzene ring substituents is 1. The molecule has 1 amide bonds. The number of carbonyl (C=O) groups excluding carboxylic acids is 1. The number of furan rings is 1. The van der Waals surface area contributed by atoms with Crippen LogP contribution < -0.4 is 19.5 Å². The van der Waals surface area contributed by atoms with Crippen molar-refractivity contribution < 1.29 is 28.3 Å². The van der Waals surface area contributed by atoms with E-state index in [2.05, 4.69) is 5.32 Å². The number of hydrogen-bond acceptors (Lipinski definition) is 7. The highest BCUT2D eigenvalue weighted by Crippen LogP contribution is 2.34. The molecule has 0 aliphatic heterocycles. The molecule has 1 aromatic heterocycles. The zero-order chi connectivity index (χ0) is 24.8. The standard InChI is InChI=1S/C26H22N2O7/c1-17-6-5-7-20(12-17)33-16-21-10-11-25(34-21)26(29)27-18-13-19(28(30)31)15-22(14-18)35-24-9-4-3-8-23(24)32-2/h3-15H,16H2,1-2H3,(H,27,29). The maximum absolute atomic E-state index is 12.7. The maximum atomic E-state index is 12.7. The molecule has 0 fully saturated rings. The van der Waals surface area contributed by atoms with Gasteiger partial charge in [-0.2, -0.15) is 0 Å². The molecule has 178 valence electrons. The summed E-state index contributed by atoms with van der Waals surface area (Å²) in [4.78, 5) is 23.6. The second-order valence-electron chi connectivity index (χ2n) is 7.55. The summed E-state index contributed by atoms with van der Waals surface area (Å²) in [6, 6.07) is 21.6. The number of hydrogen-bond donors (Lipinski definition) is 1. The normalized spacial score (nSPS) is 10.5. The minimum atomic E-state index is -0.574. The first kappa shape index (κ1) is 23.4. The summed E-state index contributed by atoms with van der Waals surface area (Å²) in [5.41, 5.74) is 0.982. The van der Waals surface area contributed by atoms with Crippen molar-refractivity contribution in [2.45, 2.75) is 13.5 Å². The van der Waals surface area contributed by atoms with Gasteiger partial charge in [-0.15, -0.1) is 0 Å². The first-order valence-electron chi connectivity index (χ1n) is 10.6. The fourth-order valence-corrected chi connectivity index (χ4v) is 3.28. The van der Waals surface area contributed by atoms with Gasteiger partial charge in [-0.3, -0.25) is 14.9 Å². The molecule has 1 heterocycles. The molecule has 3 aromatic carbocycles. The average molecular weight is 474 g/mol. The van der Waals surface area contributed by atoms with Gasteiger partial charge in [-0.25, -0.2) is 0 Å². The minimum absolute atomic E-state index is 0.0338. The van der Waals surface area contributed by atoms with Crippen LogP contribution in [0.3, 0.4) is 0 Å². The van der Waals surface area contributed by atoms with E-state index in [4.69, 9.17) is 18.6 Å². The van der Waals surface area contributed by atoms with Crippen molar-refractivity contribution in [2.24, 2.45) is 0 Å². The first-order chi connectivity index (χ1) is 16.9. The van der Waals surface area contributed by atoms with Crippen molar-refractivity contribution in [1.82, 2.24) is 0 Å². The number of non-ortho nitro benzene ring substituents is 1. The highest BCUT2D eigenvalue weighted by molar-refractivity contribution is 6.02. The maximum Gasteiger partial charge on any atom is 0.291 e. The monoisotopic (exact) mass is 474 g/mol. The molecule has 9 heteroatoms. The summed E-state index contributed by atoms with van der Waals surface area (Å²) < 4.78 is 22.3. The Balaban J connectivity index is 1.48. The van der Waals surface area contributed by atoms with Gasteiger partial charge < -0.3 is 23.9 Å². The molecule has 4 aromatic rings. The second-order valence-corrected chi connectivity index (χ2v) is 7.55. The number of ether oxygens (including phenoxy) is 3. The largest absolute Gasteiger partial charge is 0.493 e. The summed E-state index contributed by atoms with van der Waals surface area (Å²) in [5.74, 6) is 1.59. The van der Waals surface area contributed by atoms with Gasteiger partial charge in [0.1, 0.15) is 23.9 Å². The van der Waals surface area contributed by atoms with Crippen LogP contribution >= 0.6 is 0 Å². The predicted molar refractivity (Wildman–Crippen MR) is 128 cm³/mol. The van der Waals surface area contributed by atoms with Crippen LogP contribution in [0.2, 0.25) is 0 Å². The van der Waals surface area contributed by atoms with Crippen molar-refractivity contribution in [3.05, 3.63) is 106 Å². The van der Waals surface area contributed by atoms with Crippen molar-refractivity contribution in [3.8, 4) is 23.0 Å². The number of aryl methyl sites for hydroxylation is 1. The molecule has 0 bridgehead atoms. The Morgan fingerprint density at radius 1 is 0.971 bits per heavy atom. The van der Waals surface area contributed by atoms with Gasteiger partial charge in [0.15, 0.2) is 17.3 Å². The molecule has 4 rings (SSSR count). The van der Waals surface area contributed by atoms with Crippen LogP contribution in [0.4, 0.5) is 11.4 Å². The molecular weight excluding hydrogens is 452 g/mol. The lowest BCUT2D eigenvalue weighted by molar-refractivity contribution is -0.384. The first-order valence-corrected chi connectivity index (χ1v) is 10.6. The molecule has 0 unspecified atom stereocenters. The smallest absolute Gasteiger partial charge is 0.291 e. The molecule has 0 radical (unpaired) electrons. The molecule has 0 saturated carbocycles. The number of nitro groups is 1. The number of methoxy groups -OCH3 is 1. The Bertz CT molecular complexity index is 1360. The van der Waals surface area contributed by atoms with Crippen LogP contribution in [0.15, 0.2) is 83.3 Å². The quantitative estimate of drug-likeness (QED) is 0.229. The summed E-state index contributed by atoms with van der Waals surface area (Å²) in [7, 11) is 1.49. The number of benzene rings is 3. The van der Waals surface area contributed by atoms with E-state index in [0.29, 0.717) is 23.0 Å². The highest BCUT2D eigenvalue weighted by atomic mass is 16.6. The van der Waals surface area contributed by atoms with Gasteiger partial charge in [0.25, 0.3) is 11.6 Å². The Morgan fingerprint density at radius 2 is 1.77 bits per heavy atom. The van der Waals surface area contributed by atoms with Crippen molar-refractivity contribution >= 4 is 17.3 Å². The molecule has 0 aliphatic carbocycles. The van der Waals surface area contributed by atoms with Crippen LogP contribution in [0.1, 0.15) is 21.9 Å². The van der Waals surface area contributed by atoms with E-state index in [1.165, 1.54) is 31.4 Å². The third kappa shape index (κ3) is 5.97. The van der Waals surface area contributed by atoms with Gasteiger partial charge in [0, 0.05) is 12.1 Å². The molecule has 0 atom stereocenters. The lowest BCUT2D eigenvalue weighted by Crippen LogP contribution is -2.11. The van der Waals surface area contributed by atoms with Crippen LogP contribution in [0, 0.1) is 17.0 Å².